The van der Waals surface area contributed by atoms with Gasteiger partial charge in [0.25, 0.3) is 0 Å². The molecule has 0 aromatic rings. The number of amides is 1. The van der Waals surface area contributed by atoms with Crippen molar-refractivity contribution in [1.29, 1.82) is 0 Å². The molecule has 0 rings (SSSR count). The Morgan fingerprint density at radius 2 is 1.92 bits per heavy atom. The van der Waals surface area contributed by atoms with E-state index in [-0.39, 0.29) is 31.0 Å². The van der Waals surface area contributed by atoms with Gasteiger partial charge in [0.15, 0.2) is 5.78 Å². The smallest absolute Gasteiger partial charge is 0.217 e. The van der Waals surface area contributed by atoms with E-state index in [1.807, 2.05) is 0 Å². The number of primary amides is 1. The van der Waals surface area contributed by atoms with E-state index in [4.69, 9.17) is 11.5 Å². The summed E-state index contributed by atoms with van der Waals surface area (Å²) in [4.78, 5) is 21.3. The zero-order valence-corrected chi connectivity index (χ0v) is 6.80. The lowest BCUT2D eigenvalue weighted by Gasteiger charge is -2.03. The second-order valence-corrected chi connectivity index (χ2v) is 2.25. The van der Waals surface area contributed by atoms with E-state index < -0.39 is 5.91 Å². The molecule has 0 saturated carbocycles. The second kappa shape index (κ2) is 5.31. The van der Waals surface area contributed by atoms with E-state index in [9.17, 15) is 9.59 Å². The molecule has 0 heterocycles. The van der Waals surface area contributed by atoms with E-state index in [2.05, 4.69) is 11.9 Å². The first-order valence-electron chi connectivity index (χ1n) is 3.52. The van der Waals surface area contributed by atoms with Gasteiger partial charge in [-0.1, -0.05) is 6.58 Å². The predicted octanol–water partition coefficient (Wildman–Crippen LogP) is -1.16. The summed E-state index contributed by atoms with van der Waals surface area (Å²) in [5.41, 5.74) is 10.2. The van der Waals surface area contributed by atoms with Crippen LogP contribution >= 0.6 is 0 Å². The van der Waals surface area contributed by atoms with Crippen LogP contribution in [-0.2, 0) is 9.59 Å². The maximum Gasteiger partial charge on any atom is 0.217 e. The van der Waals surface area contributed by atoms with Gasteiger partial charge < -0.3 is 16.8 Å². The van der Waals surface area contributed by atoms with Crippen molar-refractivity contribution >= 4 is 11.7 Å². The number of nitrogens with one attached hydrogen (secondary N) is 1. The van der Waals surface area contributed by atoms with Crippen LogP contribution in [0.2, 0.25) is 0 Å². The number of hydrogen-bond donors (Lipinski definition) is 3. The van der Waals surface area contributed by atoms with Gasteiger partial charge in [0.05, 0.1) is 12.4 Å². The highest BCUT2D eigenvalue weighted by Gasteiger charge is 2.06. The summed E-state index contributed by atoms with van der Waals surface area (Å²) < 4.78 is 0. The highest BCUT2D eigenvalue weighted by atomic mass is 16.1. The molecule has 0 aliphatic heterocycles. The number of carbonyl (C=O) groups excluding carboxylic acids is 2. The number of carbonyl (C=O) groups is 2. The molecule has 0 aromatic heterocycles. The summed E-state index contributed by atoms with van der Waals surface area (Å²) in [6, 6.07) is 0. The molecule has 5 nitrogen and oxygen atoms in total. The van der Waals surface area contributed by atoms with Gasteiger partial charge in [-0.25, -0.2) is 0 Å². The minimum atomic E-state index is -0.496. The first-order chi connectivity index (χ1) is 5.57. The Labute approximate surface area is 70.8 Å². The van der Waals surface area contributed by atoms with Crippen LogP contribution in [0.3, 0.4) is 0 Å². The molecule has 5 heteroatoms. The van der Waals surface area contributed by atoms with Gasteiger partial charge in [-0.2, -0.15) is 0 Å². The van der Waals surface area contributed by atoms with Crippen molar-refractivity contribution in [3.05, 3.63) is 12.3 Å². The van der Waals surface area contributed by atoms with E-state index in [0.717, 1.165) is 0 Å². The third kappa shape index (κ3) is 4.45. The SMILES string of the molecule is C=C(NCN)C(=O)CCC(N)=O. The number of ketones is 1. The lowest BCUT2D eigenvalue weighted by Crippen LogP contribution is -2.26. The van der Waals surface area contributed by atoms with Crippen LogP contribution in [0.25, 0.3) is 0 Å². The van der Waals surface area contributed by atoms with Gasteiger partial charge in [0.1, 0.15) is 0 Å². The van der Waals surface area contributed by atoms with E-state index in [0.29, 0.717) is 0 Å². The topological polar surface area (TPSA) is 98.2 Å². The summed E-state index contributed by atoms with van der Waals surface area (Å²) in [6.45, 7) is 3.58. The van der Waals surface area contributed by atoms with Crippen molar-refractivity contribution in [2.24, 2.45) is 11.5 Å². The zero-order valence-electron chi connectivity index (χ0n) is 6.80. The number of hydrogen-bond acceptors (Lipinski definition) is 4. The Hall–Kier alpha value is -1.36. The summed E-state index contributed by atoms with van der Waals surface area (Å²) in [5, 5.41) is 2.55. The molecule has 5 N–H and O–H groups in total. The van der Waals surface area contributed by atoms with Crippen LogP contribution in [0, 0.1) is 0 Å². The molecular formula is C7H13N3O2. The maximum atomic E-state index is 11.0. The zero-order chi connectivity index (χ0) is 9.56. The Bertz CT molecular complexity index is 201. The van der Waals surface area contributed by atoms with Gasteiger partial charge in [-0.15, -0.1) is 0 Å². The fourth-order valence-electron chi connectivity index (χ4n) is 0.609. The number of nitrogens with two attached hydrogens (primary N) is 2. The van der Waals surface area contributed by atoms with Crippen molar-refractivity contribution in [2.75, 3.05) is 6.67 Å². The molecule has 0 aliphatic carbocycles. The fraction of sp³-hybridized carbons (Fsp3) is 0.429. The minimum Gasteiger partial charge on any atom is -0.370 e. The minimum absolute atomic E-state index is 0.0457. The Balaban J connectivity index is 3.72. The van der Waals surface area contributed by atoms with Crippen LogP contribution in [0.15, 0.2) is 12.3 Å². The maximum absolute atomic E-state index is 11.0. The Morgan fingerprint density at radius 3 is 2.33 bits per heavy atom. The first-order valence-corrected chi connectivity index (χ1v) is 3.52. The Kier molecular flexibility index (Phi) is 4.71. The molecule has 68 valence electrons. The molecule has 0 spiro atoms. The van der Waals surface area contributed by atoms with Gasteiger partial charge in [-0.3, -0.25) is 9.59 Å². The average molecular weight is 171 g/mol. The molecule has 0 saturated heterocycles. The van der Waals surface area contributed by atoms with Crippen molar-refractivity contribution in [1.82, 2.24) is 5.32 Å². The van der Waals surface area contributed by atoms with Crippen LogP contribution in [0.1, 0.15) is 12.8 Å². The van der Waals surface area contributed by atoms with Crippen LogP contribution in [0.4, 0.5) is 0 Å². The number of allylic oxidation sites excluding steroid dienone is 1. The lowest BCUT2D eigenvalue weighted by molar-refractivity contribution is -0.122. The van der Waals surface area contributed by atoms with Crippen molar-refractivity contribution in [2.45, 2.75) is 12.8 Å². The third-order valence-electron chi connectivity index (χ3n) is 1.25. The van der Waals surface area contributed by atoms with E-state index >= 15 is 0 Å². The Morgan fingerprint density at radius 1 is 1.33 bits per heavy atom. The number of Topliss-reactive ketones (excluding diaryl/α,β-unsaturated/α-hetero) is 1. The van der Waals surface area contributed by atoms with Gasteiger partial charge in [-0.05, 0) is 0 Å². The molecule has 0 unspecified atom stereocenters. The highest BCUT2D eigenvalue weighted by molar-refractivity contribution is 5.96. The van der Waals surface area contributed by atoms with Crippen LogP contribution < -0.4 is 16.8 Å². The molecule has 12 heavy (non-hydrogen) atoms. The third-order valence-corrected chi connectivity index (χ3v) is 1.25. The van der Waals surface area contributed by atoms with E-state index in [1.54, 1.807) is 0 Å². The molecule has 0 atom stereocenters. The summed E-state index contributed by atoms with van der Waals surface area (Å²) in [5.74, 6) is -0.733. The van der Waals surface area contributed by atoms with Crippen LogP contribution in [-0.4, -0.2) is 18.4 Å². The van der Waals surface area contributed by atoms with Gasteiger partial charge in [0, 0.05) is 12.8 Å². The van der Waals surface area contributed by atoms with Crippen molar-refractivity contribution < 1.29 is 9.59 Å². The molecule has 0 aliphatic rings. The largest absolute Gasteiger partial charge is 0.370 e. The molecule has 1 amide bonds. The highest BCUT2D eigenvalue weighted by Crippen LogP contribution is 1.95. The number of rotatable bonds is 6. The standard InChI is InChI=1S/C7H13N3O2/c1-5(10-4-8)6(11)2-3-7(9)12/h10H,1-4,8H2,(H2,9,12). The average Bonchev–Trinajstić information content (AvgIpc) is 2.00. The van der Waals surface area contributed by atoms with Crippen molar-refractivity contribution in [3.8, 4) is 0 Å². The molecular weight excluding hydrogens is 158 g/mol. The van der Waals surface area contributed by atoms with Crippen LogP contribution in [0.5, 0.6) is 0 Å². The first kappa shape index (κ1) is 10.6. The van der Waals surface area contributed by atoms with Crippen molar-refractivity contribution in [3.63, 3.8) is 0 Å². The molecule has 0 radical (unpaired) electrons. The quantitative estimate of drug-likeness (QED) is 0.347. The summed E-state index contributed by atoms with van der Waals surface area (Å²) in [6.07, 6.45) is 0.130. The fourth-order valence-corrected chi connectivity index (χ4v) is 0.609. The predicted molar refractivity (Wildman–Crippen MR) is 44.8 cm³/mol. The monoisotopic (exact) mass is 171 g/mol. The van der Waals surface area contributed by atoms with Gasteiger partial charge in [0.2, 0.25) is 5.91 Å². The lowest BCUT2D eigenvalue weighted by atomic mass is 10.2. The molecule has 0 fully saturated rings. The summed E-state index contributed by atoms with van der Waals surface area (Å²) >= 11 is 0. The normalized spacial score (nSPS) is 9.08. The molecule has 0 bridgehead atoms. The van der Waals surface area contributed by atoms with Gasteiger partial charge >= 0.3 is 0 Å². The molecule has 0 aromatic carbocycles. The van der Waals surface area contributed by atoms with E-state index in [1.165, 1.54) is 0 Å². The summed E-state index contributed by atoms with van der Waals surface area (Å²) in [7, 11) is 0. The second-order valence-electron chi connectivity index (χ2n) is 2.25.